The summed E-state index contributed by atoms with van der Waals surface area (Å²) in [7, 11) is 1.64. The highest BCUT2D eigenvalue weighted by Crippen LogP contribution is 2.25. The van der Waals surface area contributed by atoms with Crippen molar-refractivity contribution in [1.82, 2.24) is 5.32 Å². The van der Waals surface area contributed by atoms with Gasteiger partial charge >= 0.3 is 0 Å². The van der Waals surface area contributed by atoms with Crippen molar-refractivity contribution in [3.63, 3.8) is 0 Å². The lowest BCUT2D eigenvalue weighted by Crippen LogP contribution is -2.28. The third kappa shape index (κ3) is 3.81. The Kier molecular flexibility index (Phi) is 5.08. The van der Waals surface area contributed by atoms with Gasteiger partial charge in [-0.2, -0.15) is 0 Å². The molecule has 0 radical (unpaired) electrons. The molecule has 0 aliphatic heterocycles. The van der Waals surface area contributed by atoms with Crippen LogP contribution in [0.25, 0.3) is 0 Å². The molecule has 0 saturated carbocycles. The highest BCUT2D eigenvalue weighted by Gasteiger charge is 2.03. The molecular weight excluding hydrogens is 258 g/mol. The van der Waals surface area contributed by atoms with E-state index in [4.69, 9.17) is 9.84 Å². The van der Waals surface area contributed by atoms with Crippen molar-refractivity contribution in [2.45, 2.75) is 19.5 Å². The van der Waals surface area contributed by atoms with Crippen LogP contribution in [0.3, 0.4) is 0 Å². The molecule has 0 aromatic heterocycles. The lowest BCUT2D eigenvalue weighted by atomic mass is 10.2. The van der Waals surface area contributed by atoms with Gasteiger partial charge in [0.2, 0.25) is 0 Å². The Morgan fingerprint density at radius 3 is 2.80 bits per heavy atom. The van der Waals surface area contributed by atoms with E-state index >= 15 is 0 Å². The van der Waals surface area contributed by atoms with E-state index < -0.39 is 0 Å². The van der Waals surface area contributed by atoms with Crippen molar-refractivity contribution >= 4 is 15.9 Å². The molecule has 4 heteroatoms. The topological polar surface area (TPSA) is 41.5 Å². The van der Waals surface area contributed by atoms with Gasteiger partial charge in [-0.05, 0) is 40.5 Å². The molecular formula is C11H16BrNO2. The van der Waals surface area contributed by atoms with E-state index in [-0.39, 0.29) is 12.6 Å². The van der Waals surface area contributed by atoms with Crippen LogP contribution in [0.2, 0.25) is 0 Å². The van der Waals surface area contributed by atoms with Gasteiger partial charge in [0.25, 0.3) is 0 Å². The van der Waals surface area contributed by atoms with Gasteiger partial charge in [0, 0.05) is 12.6 Å². The van der Waals surface area contributed by atoms with Gasteiger partial charge in [-0.3, -0.25) is 0 Å². The number of aliphatic hydroxyl groups excluding tert-OH is 1. The summed E-state index contributed by atoms with van der Waals surface area (Å²) in [6.07, 6.45) is 0. The lowest BCUT2D eigenvalue weighted by Gasteiger charge is -2.11. The molecule has 1 aromatic rings. The van der Waals surface area contributed by atoms with Gasteiger partial charge in [-0.15, -0.1) is 0 Å². The van der Waals surface area contributed by atoms with E-state index in [9.17, 15) is 0 Å². The fraction of sp³-hybridized carbons (Fsp3) is 0.455. The van der Waals surface area contributed by atoms with E-state index in [1.807, 2.05) is 25.1 Å². The summed E-state index contributed by atoms with van der Waals surface area (Å²) < 4.78 is 6.08. The summed E-state index contributed by atoms with van der Waals surface area (Å²) in [6, 6.07) is 6.05. The largest absolute Gasteiger partial charge is 0.496 e. The molecule has 0 amide bonds. The van der Waals surface area contributed by atoms with Gasteiger partial charge in [0.15, 0.2) is 0 Å². The molecule has 84 valence electrons. The SMILES string of the molecule is COc1ccc(CN[C@@H](C)CO)cc1Br. The van der Waals surface area contributed by atoms with Gasteiger partial charge in [-0.25, -0.2) is 0 Å². The van der Waals surface area contributed by atoms with Crippen molar-refractivity contribution in [3.8, 4) is 5.75 Å². The second kappa shape index (κ2) is 6.10. The smallest absolute Gasteiger partial charge is 0.133 e. The summed E-state index contributed by atoms with van der Waals surface area (Å²) in [5, 5.41) is 12.1. The summed E-state index contributed by atoms with van der Waals surface area (Å²) in [5.41, 5.74) is 1.16. The molecule has 0 aliphatic carbocycles. The fourth-order valence-electron chi connectivity index (χ4n) is 1.18. The van der Waals surface area contributed by atoms with Crippen LogP contribution in [0.4, 0.5) is 0 Å². The summed E-state index contributed by atoms with van der Waals surface area (Å²) in [4.78, 5) is 0. The minimum Gasteiger partial charge on any atom is -0.496 e. The first kappa shape index (κ1) is 12.5. The van der Waals surface area contributed by atoms with Crippen LogP contribution in [0.1, 0.15) is 12.5 Å². The van der Waals surface area contributed by atoms with E-state index in [1.54, 1.807) is 7.11 Å². The van der Waals surface area contributed by atoms with Crippen LogP contribution in [0, 0.1) is 0 Å². The number of hydrogen-bond acceptors (Lipinski definition) is 3. The number of hydrogen-bond donors (Lipinski definition) is 2. The molecule has 15 heavy (non-hydrogen) atoms. The number of halogens is 1. The van der Waals surface area contributed by atoms with Crippen LogP contribution in [-0.4, -0.2) is 24.9 Å². The Morgan fingerprint density at radius 2 is 2.27 bits per heavy atom. The molecule has 0 bridgehead atoms. The first-order valence-corrected chi connectivity index (χ1v) is 5.63. The zero-order chi connectivity index (χ0) is 11.3. The van der Waals surface area contributed by atoms with Crippen molar-refractivity contribution in [2.75, 3.05) is 13.7 Å². The van der Waals surface area contributed by atoms with Gasteiger partial charge in [-0.1, -0.05) is 6.07 Å². The van der Waals surface area contributed by atoms with Gasteiger partial charge in [0.1, 0.15) is 5.75 Å². The van der Waals surface area contributed by atoms with E-state index in [2.05, 4.69) is 21.2 Å². The molecule has 0 heterocycles. The maximum absolute atomic E-state index is 8.86. The summed E-state index contributed by atoms with van der Waals surface area (Å²) in [5.74, 6) is 0.828. The molecule has 2 N–H and O–H groups in total. The number of nitrogens with one attached hydrogen (secondary N) is 1. The predicted molar refractivity (Wildman–Crippen MR) is 64.1 cm³/mol. The molecule has 1 aromatic carbocycles. The average Bonchev–Trinajstić information content (AvgIpc) is 2.26. The van der Waals surface area contributed by atoms with Gasteiger partial charge in [0.05, 0.1) is 18.2 Å². The molecule has 0 fully saturated rings. The van der Waals surface area contributed by atoms with Crippen molar-refractivity contribution < 1.29 is 9.84 Å². The van der Waals surface area contributed by atoms with Gasteiger partial charge < -0.3 is 15.2 Å². The van der Waals surface area contributed by atoms with Crippen molar-refractivity contribution in [3.05, 3.63) is 28.2 Å². The number of rotatable bonds is 5. The average molecular weight is 274 g/mol. The zero-order valence-electron chi connectivity index (χ0n) is 8.96. The maximum Gasteiger partial charge on any atom is 0.133 e. The Hall–Kier alpha value is -0.580. The molecule has 0 saturated heterocycles. The second-order valence-corrected chi connectivity index (χ2v) is 4.29. The number of methoxy groups -OCH3 is 1. The first-order valence-electron chi connectivity index (χ1n) is 4.84. The van der Waals surface area contributed by atoms with E-state index in [0.717, 1.165) is 22.3 Å². The van der Waals surface area contributed by atoms with Crippen LogP contribution in [0.15, 0.2) is 22.7 Å². The minimum atomic E-state index is 0.117. The Balaban J connectivity index is 2.59. The minimum absolute atomic E-state index is 0.117. The molecule has 0 spiro atoms. The predicted octanol–water partition coefficient (Wildman–Crippen LogP) is 1.93. The zero-order valence-corrected chi connectivity index (χ0v) is 10.5. The van der Waals surface area contributed by atoms with E-state index in [0.29, 0.717) is 0 Å². The van der Waals surface area contributed by atoms with E-state index in [1.165, 1.54) is 0 Å². The fourth-order valence-corrected chi connectivity index (χ4v) is 1.76. The Labute approximate surface area is 98.6 Å². The Bertz CT molecular complexity index is 317. The quantitative estimate of drug-likeness (QED) is 0.862. The second-order valence-electron chi connectivity index (χ2n) is 3.43. The number of aliphatic hydroxyl groups is 1. The monoisotopic (exact) mass is 273 g/mol. The highest BCUT2D eigenvalue weighted by atomic mass is 79.9. The lowest BCUT2D eigenvalue weighted by molar-refractivity contribution is 0.251. The summed E-state index contributed by atoms with van der Waals surface area (Å²) in [6.45, 7) is 2.83. The molecule has 1 rings (SSSR count). The molecule has 0 aliphatic rings. The molecule has 1 atom stereocenters. The van der Waals surface area contributed by atoms with Crippen LogP contribution >= 0.6 is 15.9 Å². The number of ether oxygens (including phenoxy) is 1. The van der Waals surface area contributed by atoms with Crippen LogP contribution in [-0.2, 0) is 6.54 Å². The first-order chi connectivity index (χ1) is 7.17. The third-order valence-electron chi connectivity index (χ3n) is 2.14. The molecule has 3 nitrogen and oxygen atoms in total. The third-order valence-corrected chi connectivity index (χ3v) is 2.76. The maximum atomic E-state index is 8.86. The van der Waals surface area contributed by atoms with Crippen LogP contribution < -0.4 is 10.1 Å². The van der Waals surface area contributed by atoms with Crippen molar-refractivity contribution in [1.29, 1.82) is 0 Å². The van der Waals surface area contributed by atoms with Crippen LogP contribution in [0.5, 0.6) is 5.75 Å². The highest BCUT2D eigenvalue weighted by molar-refractivity contribution is 9.10. The molecule has 0 unspecified atom stereocenters. The standard InChI is InChI=1S/C11H16BrNO2/c1-8(7-14)13-6-9-3-4-11(15-2)10(12)5-9/h3-5,8,13-14H,6-7H2,1-2H3/t8-/m0/s1. The normalized spacial score (nSPS) is 12.5. The Morgan fingerprint density at radius 1 is 1.53 bits per heavy atom. The van der Waals surface area contributed by atoms with Crippen molar-refractivity contribution in [2.24, 2.45) is 0 Å². The number of benzene rings is 1. The summed E-state index contributed by atoms with van der Waals surface area (Å²) >= 11 is 3.43.